The van der Waals surface area contributed by atoms with Crippen molar-refractivity contribution in [3.05, 3.63) is 29.3 Å². The van der Waals surface area contributed by atoms with Gasteiger partial charge in [-0.2, -0.15) is 0 Å². The molecule has 1 aliphatic rings. The minimum atomic E-state index is 0.186. The van der Waals surface area contributed by atoms with Crippen molar-refractivity contribution in [2.45, 2.75) is 45.3 Å². The Morgan fingerprint density at radius 3 is 2.73 bits per heavy atom. The van der Waals surface area contributed by atoms with Crippen molar-refractivity contribution in [1.29, 1.82) is 0 Å². The van der Waals surface area contributed by atoms with E-state index in [9.17, 15) is 0 Å². The average Bonchev–Trinajstić information content (AvgIpc) is 2.41. The van der Waals surface area contributed by atoms with Crippen LogP contribution in [0.4, 0.5) is 0 Å². The van der Waals surface area contributed by atoms with Crippen molar-refractivity contribution in [2.75, 3.05) is 0 Å². The first-order valence-corrected chi connectivity index (χ1v) is 5.64. The van der Waals surface area contributed by atoms with Crippen molar-refractivity contribution in [3.63, 3.8) is 0 Å². The van der Waals surface area contributed by atoms with Gasteiger partial charge in [0.05, 0.1) is 6.10 Å². The molecule has 0 radical (unpaired) electrons. The molecule has 0 saturated heterocycles. The van der Waals surface area contributed by atoms with Gasteiger partial charge in [0.15, 0.2) is 0 Å². The molecule has 1 aromatic rings. The molecule has 0 amide bonds. The molecule has 15 heavy (non-hydrogen) atoms. The highest BCUT2D eigenvalue weighted by molar-refractivity contribution is 5.42. The summed E-state index contributed by atoms with van der Waals surface area (Å²) in [6.45, 7) is 6.31. The number of fused-ring (bicyclic) bond motifs is 1. The Hall–Kier alpha value is -1.02. The predicted molar refractivity (Wildman–Crippen MR) is 62.2 cm³/mol. The molecule has 0 bridgehead atoms. The zero-order valence-electron chi connectivity index (χ0n) is 9.66. The van der Waals surface area contributed by atoms with Gasteiger partial charge in [-0.1, -0.05) is 13.0 Å². The van der Waals surface area contributed by atoms with Gasteiger partial charge < -0.3 is 10.5 Å². The van der Waals surface area contributed by atoms with Crippen LogP contribution >= 0.6 is 0 Å². The van der Waals surface area contributed by atoms with E-state index < -0.39 is 0 Å². The van der Waals surface area contributed by atoms with E-state index in [4.69, 9.17) is 10.5 Å². The fraction of sp³-hybridized carbons (Fsp3) is 0.538. The van der Waals surface area contributed by atoms with Crippen LogP contribution in [-0.2, 0) is 0 Å². The van der Waals surface area contributed by atoms with E-state index in [0.29, 0.717) is 5.92 Å². The number of benzene rings is 1. The van der Waals surface area contributed by atoms with E-state index in [2.05, 4.69) is 19.1 Å². The van der Waals surface area contributed by atoms with Gasteiger partial charge >= 0.3 is 0 Å². The summed E-state index contributed by atoms with van der Waals surface area (Å²) < 4.78 is 5.67. The molecule has 1 aromatic carbocycles. The molecule has 0 spiro atoms. The molecule has 2 rings (SSSR count). The highest BCUT2D eigenvalue weighted by Gasteiger charge is 2.25. The van der Waals surface area contributed by atoms with Crippen LogP contribution in [-0.4, -0.2) is 6.10 Å². The summed E-state index contributed by atoms with van der Waals surface area (Å²) in [7, 11) is 0. The number of ether oxygens (including phenoxy) is 1. The molecule has 1 aliphatic carbocycles. The second kappa shape index (κ2) is 3.86. The van der Waals surface area contributed by atoms with Gasteiger partial charge in [-0.15, -0.1) is 0 Å². The van der Waals surface area contributed by atoms with Crippen molar-refractivity contribution >= 4 is 0 Å². The van der Waals surface area contributed by atoms with Crippen molar-refractivity contribution in [3.8, 4) is 5.75 Å². The summed E-state index contributed by atoms with van der Waals surface area (Å²) in [5.41, 5.74) is 8.73. The second-order valence-electron chi connectivity index (χ2n) is 4.70. The third-order valence-corrected chi connectivity index (χ3v) is 2.97. The zero-order valence-corrected chi connectivity index (χ0v) is 9.66. The number of hydrogen-bond donors (Lipinski definition) is 1. The molecule has 0 saturated carbocycles. The van der Waals surface area contributed by atoms with Crippen LogP contribution in [0.3, 0.4) is 0 Å². The van der Waals surface area contributed by atoms with Crippen LogP contribution in [0.15, 0.2) is 18.2 Å². The maximum Gasteiger partial charge on any atom is 0.120 e. The quantitative estimate of drug-likeness (QED) is 0.805. The molecule has 2 N–H and O–H groups in total. The highest BCUT2D eigenvalue weighted by atomic mass is 16.5. The molecule has 2 heteroatoms. The zero-order chi connectivity index (χ0) is 11.0. The van der Waals surface area contributed by atoms with E-state index in [1.165, 1.54) is 11.1 Å². The lowest BCUT2D eigenvalue weighted by Crippen LogP contribution is -2.08. The first kappa shape index (κ1) is 10.5. The van der Waals surface area contributed by atoms with E-state index in [-0.39, 0.29) is 12.1 Å². The Labute approximate surface area is 91.4 Å². The van der Waals surface area contributed by atoms with E-state index in [1.54, 1.807) is 0 Å². The number of hydrogen-bond acceptors (Lipinski definition) is 2. The Morgan fingerprint density at radius 1 is 1.33 bits per heavy atom. The summed E-state index contributed by atoms with van der Waals surface area (Å²) in [5, 5.41) is 0. The average molecular weight is 205 g/mol. The lowest BCUT2D eigenvalue weighted by molar-refractivity contribution is 0.242. The van der Waals surface area contributed by atoms with Gasteiger partial charge in [0.25, 0.3) is 0 Å². The molecule has 0 fully saturated rings. The van der Waals surface area contributed by atoms with E-state index in [0.717, 1.165) is 12.2 Å². The molecule has 2 nitrogen and oxygen atoms in total. The van der Waals surface area contributed by atoms with Crippen LogP contribution in [0.1, 0.15) is 50.3 Å². The van der Waals surface area contributed by atoms with Gasteiger partial charge in [0.1, 0.15) is 5.75 Å². The third kappa shape index (κ3) is 2.00. The topological polar surface area (TPSA) is 35.2 Å². The van der Waals surface area contributed by atoms with Crippen LogP contribution in [0.5, 0.6) is 5.75 Å². The fourth-order valence-corrected chi connectivity index (χ4v) is 2.30. The summed E-state index contributed by atoms with van der Waals surface area (Å²) in [4.78, 5) is 0. The SMILES string of the molecule is CC(C)Oc1ccc2c(c1)C(N)CC2C. The lowest BCUT2D eigenvalue weighted by Gasteiger charge is -2.12. The van der Waals surface area contributed by atoms with Gasteiger partial charge in [0, 0.05) is 6.04 Å². The molecular weight excluding hydrogens is 186 g/mol. The lowest BCUT2D eigenvalue weighted by atomic mass is 10.0. The smallest absolute Gasteiger partial charge is 0.120 e. The Morgan fingerprint density at radius 2 is 2.07 bits per heavy atom. The number of nitrogens with two attached hydrogens (primary N) is 1. The Kier molecular flexibility index (Phi) is 2.70. The minimum Gasteiger partial charge on any atom is -0.491 e. The van der Waals surface area contributed by atoms with Crippen LogP contribution in [0.2, 0.25) is 0 Å². The van der Waals surface area contributed by atoms with Crippen molar-refractivity contribution in [1.82, 2.24) is 0 Å². The molecule has 82 valence electrons. The largest absolute Gasteiger partial charge is 0.491 e. The van der Waals surface area contributed by atoms with Crippen LogP contribution < -0.4 is 10.5 Å². The summed E-state index contributed by atoms with van der Waals surface area (Å²) >= 11 is 0. The first-order valence-electron chi connectivity index (χ1n) is 5.64. The summed E-state index contributed by atoms with van der Waals surface area (Å²) in [5.74, 6) is 1.52. The first-order chi connectivity index (χ1) is 7.08. The molecule has 2 atom stereocenters. The van der Waals surface area contributed by atoms with Gasteiger partial charge in [0.2, 0.25) is 0 Å². The van der Waals surface area contributed by atoms with Crippen LogP contribution in [0.25, 0.3) is 0 Å². The molecule has 2 unspecified atom stereocenters. The molecule has 0 aliphatic heterocycles. The van der Waals surface area contributed by atoms with Gasteiger partial charge in [-0.05, 0) is 49.4 Å². The van der Waals surface area contributed by atoms with E-state index in [1.807, 2.05) is 19.9 Å². The fourth-order valence-electron chi connectivity index (χ4n) is 2.30. The monoisotopic (exact) mass is 205 g/mol. The Balaban J connectivity index is 2.30. The second-order valence-corrected chi connectivity index (χ2v) is 4.70. The van der Waals surface area contributed by atoms with Gasteiger partial charge in [-0.25, -0.2) is 0 Å². The van der Waals surface area contributed by atoms with Gasteiger partial charge in [-0.3, -0.25) is 0 Å². The number of rotatable bonds is 2. The van der Waals surface area contributed by atoms with Crippen molar-refractivity contribution in [2.24, 2.45) is 5.73 Å². The minimum absolute atomic E-state index is 0.186. The van der Waals surface area contributed by atoms with E-state index >= 15 is 0 Å². The summed E-state index contributed by atoms with van der Waals surface area (Å²) in [6, 6.07) is 6.49. The highest BCUT2D eigenvalue weighted by Crippen LogP contribution is 2.40. The Bertz CT molecular complexity index is 360. The molecule has 0 aromatic heterocycles. The standard InChI is InChI=1S/C13H19NO/c1-8(2)15-10-4-5-11-9(3)6-13(14)12(11)7-10/h4-5,7-9,13H,6,14H2,1-3H3. The van der Waals surface area contributed by atoms with Crippen molar-refractivity contribution < 1.29 is 4.74 Å². The maximum absolute atomic E-state index is 6.08. The molecule has 0 heterocycles. The summed E-state index contributed by atoms with van der Waals surface area (Å²) in [6.07, 6.45) is 1.28. The predicted octanol–water partition coefficient (Wildman–Crippen LogP) is 2.98. The third-order valence-electron chi connectivity index (χ3n) is 2.97. The normalized spacial score (nSPS) is 24.3. The maximum atomic E-state index is 6.08. The van der Waals surface area contributed by atoms with Crippen LogP contribution in [0, 0.1) is 0 Å². The molecular formula is C13H19NO.